The fraction of sp³-hybridized carbons (Fsp3) is 0.917. The summed E-state index contributed by atoms with van der Waals surface area (Å²) in [7, 11) is 0. The second-order valence-electron chi connectivity index (χ2n) is 3.76. The quantitative estimate of drug-likeness (QED) is 0.496. The van der Waals surface area contributed by atoms with Gasteiger partial charge in [0, 0.05) is 0 Å². The Balaban J connectivity index is 3.28. The van der Waals surface area contributed by atoms with Crippen molar-refractivity contribution < 1.29 is 0 Å². The first-order valence-corrected chi connectivity index (χ1v) is 5.86. The molecule has 0 bridgehead atoms. The lowest BCUT2D eigenvalue weighted by molar-refractivity contribution is 0.287. The zero-order valence-electron chi connectivity index (χ0n) is 9.52. The SMILES string of the molecule is [CH2]CN(CCCCC)CCCCC. The molecule has 0 spiro atoms. The number of unbranched alkanes of at least 4 members (excludes halogenated alkanes) is 4. The van der Waals surface area contributed by atoms with Crippen LogP contribution < -0.4 is 0 Å². The van der Waals surface area contributed by atoms with Crippen molar-refractivity contribution in [3.63, 3.8) is 0 Å². The van der Waals surface area contributed by atoms with Crippen molar-refractivity contribution in [2.24, 2.45) is 0 Å². The summed E-state index contributed by atoms with van der Waals surface area (Å²) in [5.41, 5.74) is 0. The van der Waals surface area contributed by atoms with Crippen molar-refractivity contribution in [2.45, 2.75) is 52.4 Å². The molecule has 1 heteroatoms. The van der Waals surface area contributed by atoms with Gasteiger partial charge in [-0.2, -0.15) is 0 Å². The third-order valence-electron chi connectivity index (χ3n) is 2.47. The lowest BCUT2D eigenvalue weighted by Gasteiger charge is -2.19. The molecule has 0 unspecified atom stereocenters. The van der Waals surface area contributed by atoms with Crippen LogP contribution in [0.25, 0.3) is 0 Å². The van der Waals surface area contributed by atoms with Crippen molar-refractivity contribution >= 4 is 0 Å². The van der Waals surface area contributed by atoms with E-state index < -0.39 is 0 Å². The van der Waals surface area contributed by atoms with Crippen LogP contribution in [0.2, 0.25) is 0 Å². The molecule has 0 rings (SSSR count). The second kappa shape index (κ2) is 10.0. The van der Waals surface area contributed by atoms with Crippen LogP contribution >= 0.6 is 0 Å². The van der Waals surface area contributed by atoms with Gasteiger partial charge in [-0.1, -0.05) is 39.5 Å². The summed E-state index contributed by atoms with van der Waals surface area (Å²) in [5.74, 6) is 0. The molecule has 0 aromatic rings. The molecule has 0 aliphatic heterocycles. The predicted molar refractivity (Wildman–Crippen MR) is 60.8 cm³/mol. The zero-order chi connectivity index (χ0) is 9.94. The molecule has 0 aromatic heterocycles. The molecule has 79 valence electrons. The Bertz CT molecular complexity index is 81.1. The van der Waals surface area contributed by atoms with Gasteiger partial charge in [0.05, 0.1) is 0 Å². The number of hydrogen-bond donors (Lipinski definition) is 0. The van der Waals surface area contributed by atoms with Crippen LogP contribution in [0.1, 0.15) is 52.4 Å². The average Bonchev–Trinajstić information content (AvgIpc) is 2.16. The molecule has 0 heterocycles. The van der Waals surface area contributed by atoms with Gasteiger partial charge in [-0.25, -0.2) is 0 Å². The number of hydrogen-bond acceptors (Lipinski definition) is 1. The number of nitrogens with zero attached hydrogens (tertiary/aromatic N) is 1. The third kappa shape index (κ3) is 8.29. The summed E-state index contributed by atoms with van der Waals surface area (Å²) in [6.07, 6.45) is 8.06. The smallest absolute Gasteiger partial charge is 0.00183 e. The Morgan fingerprint density at radius 1 is 0.846 bits per heavy atom. The van der Waals surface area contributed by atoms with Gasteiger partial charge >= 0.3 is 0 Å². The van der Waals surface area contributed by atoms with Crippen molar-refractivity contribution in [3.05, 3.63) is 6.92 Å². The minimum absolute atomic E-state index is 0.980. The Hall–Kier alpha value is -0.0400. The van der Waals surface area contributed by atoms with Crippen LogP contribution in [-0.4, -0.2) is 24.5 Å². The maximum Gasteiger partial charge on any atom is -0.00183 e. The Morgan fingerprint density at radius 2 is 1.31 bits per heavy atom. The minimum Gasteiger partial charge on any atom is -0.303 e. The van der Waals surface area contributed by atoms with E-state index in [1.165, 1.54) is 51.6 Å². The molecule has 0 N–H and O–H groups in total. The molecule has 1 nitrogen and oxygen atoms in total. The summed E-state index contributed by atoms with van der Waals surface area (Å²) in [4.78, 5) is 2.48. The molecule has 0 saturated heterocycles. The molecule has 0 atom stereocenters. The van der Waals surface area contributed by atoms with E-state index in [4.69, 9.17) is 0 Å². The molecule has 0 aliphatic carbocycles. The van der Waals surface area contributed by atoms with Gasteiger partial charge in [-0.05, 0) is 39.4 Å². The fourth-order valence-electron chi connectivity index (χ4n) is 1.51. The van der Waals surface area contributed by atoms with Crippen molar-refractivity contribution in [1.82, 2.24) is 4.90 Å². The highest BCUT2D eigenvalue weighted by molar-refractivity contribution is 4.59. The lowest BCUT2D eigenvalue weighted by Crippen LogP contribution is -2.25. The van der Waals surface area contributed by atoms with Gasteiger partial charge in [-0.15, -0.1) is 0 Å². The first-order valence-electron chi connectivity index (χ1n) is 5.86. The van der Waals surface area contributed by atoms with Gasteiger partial charge in [-0.3, -0.25) is 0 Å². The maximum absolute atomic E-state index is 3.97. The standard InChI is InChI=1S/C12H26N/c1-4-7-9-11-13(6-3)12-10-8-5-2/h3-12H2,1-2H3. The van der Waals surface area contributed by atoms with E-state index in [-0.39, 0.29) is 0 Å². The van der Waals surface area contributed by atoms with E-state index in [1.54, 1.807) is 0 Å². The molecule has 0 saturated carbocycles. The number of rotatable bonds is 9. The van der Waals surface area contributed by atoms with E-state index in [0.29, 0.717) is 0 Å². The van der Waals surface area contributed by atoms with Crippen LogP contribution in [0, 0.1) is 6.92 Å². The average molecular weight is 184 g/mol. The zero-order valence-corrected chi connectivity index (χ0v) is 9.52. The van der Waals surface area contributed by atoms with E-state index in [2.05, 4.69) is 25.7 Å². The molecule has 0 amide bonds. The molecule has 1 radical (unpaired) electrons. The van der Waals surface area contributed by atoms with Gasteiger partial charge < -0.3 is 4.90 Å². The Morgan fingerprint density at radius 3 is 1.62 bits per heavy atom. The van der Waals surface area contributed by atoms with Gasteiger partial charge in [0.2, 0.25) is 0 Å². The lowest BCUT2D eigenvalue weighted by atomic mass is 10.2. The molecule has 0 aromatic carbocycles. The Labute approximate surface area is 84.5 Å². The highest BCUT2D eigenvalue weighted by atomic mass is 15.1. The van der Waals surface area contributed by atoms with Crippen LogP contribution in [0.15, 0.2) is 0 Å². The molecule has 0 fully saturated rings. The first-order chi connectivity index (χ1) is 6.35. The monoisotopic (exact) mass is 184 g/mol. The van der Waals surface area contributed by atoms with Gasteiger partial charge in [0.1, 0.15) is 0 Å². The minimum atomic E-state index is 0.980. The van der Waals surface area contributed by atoms with Crippen LogP contribution in [0.3, 0.4) is 0 Å². The predicted octanol–water partition coefficient (Wildman–Crippen LogP) is 3.50. The van der Waals surface area contributed by atoms with Crippen LogP contribution in [0.5, 0.6) is 0 Å². The van der Waals surface area contributed by atoms with E-state index in [0.717, 1.165) is 6.54 Å². The highest BCUT2D eigenvalue weighted by Gasteiger charge is 2.00. The summed E-state index contributed by atoms with van der Waals surface area (Å²) in [5, 5.41) is 0. The first kappa shape index (κ1) is 13.0. The van der Waals surface area contributed by atoms with E-state index in [1.807, 2.05) is 0 Å². The van der Waals surface area contributed by atoms with Gasteiger partial charge in [0.25, 0.3) is 0 Å². The molecule has 13 heavy (non-hydrogen) atoms. The fourth-order valence-corrected chi connectivity index (χ4v) is 1.51. The van der Waals surface area contributed by atoms with Crippen LogP contribution in [0.4, 0.5) is 0 Å². The van der Waals surface area contributed by atoms with E-state index in [9.17, 15) is 0 Å². The normalized spacial score (nSPS) is 11.1. The summed E-state index contributed by atoms with van der Waals surface area (Å²) < 4.78 is 0. The second-order valence-corrected chi connectivity index (χ2v) is 3.76. The van der Waals surface area contributed by atoms with Crippen molar-refractivity contribution in [3.8, 4) is 0 Å². The molecular formula is C12H26N. The van der Waals surface area contributed by atoms with Crippen molar-refractivity contribution in [1.29, 1.82) is 0 Å². The summed E-state index contributed by atoms with van der Waals surface area (Å²) in [6, 6.07) is 0. The van der Waals surface area contributed by atoms with E-state index >= 15 is 0 Å². The topological polar surface area (TPSA) is 3.24 Å². The molecule has 0 aliphatic rings. The maximum atomic E-state index is 3.97. The summed E-state index contributed by atoms with van der Waals surface area (Å²) >= 11 is 0. The van der Waals surface area contributed by atoms with Gasteiger partial charge in [0.15, 0.2) is 0 Å². The third-order valence-corrected chi connectivity index (χ3v) is 2.47. The van der Waals surface area contributed by atoms with Crippen LogP contribution in [-0.2, 0) is 0 Å². The summed E-state index contributed by atoms with van der Waals surface area (Å²) in [6.45, 7) is 12.0. The highest BCUT2D eigenvalue weighted by Crippen LogP contribution is 2.01. The molecular weight excluding hydrogens is 158 g/mol. The largest absolute Gasteiger partial charge is 0.303 e. The van der Waals surface area contributed by atoms with Crippen molar-refractivity contribution in [2.75, 3.05) is 19.6 Å². The Kier molecular flexibility index (Phi) is 10.0.